The molecular weight excluding hydrogens is 394 g/mol. The number of carbonyl (C=O) groups is 1. The van der Waals surface area contributed by atoms with Crippen molar-refractivity contribution in [1.29, 1.82) is 0 Å². The van der Waals surface area contributed by atoms with Crippen LogP contribution in [0.4, 0.5) is 0 Å². The summed E-state index contributed by atoms with van der Waals surface area (Å²) < 4.78 is 27.4. The molecule has 0 bridgehead atoms. The first-order chi connectivity index (χ1) is 12.4. The molecule has 9 heteroatoms. The Morgan fingerprint density at radius 3 is 2.54 bits per heavy atom. The zero-order valence-electron chi connectivity index (χ0n) is 15.0. The largest absolute Gasteiger partial charge is 0.352 e. The van der Waals surface area contributed by atoms with E-state index in [4.69, 9.17) is 11.6 Å². The predicted octanol–water partition coefficient (Wildman–Crippen LogP) is 2.40. The first-order valence-electron chi connectivity index (χ1n) is 9.13. The van der Waals surface area contributed by atoms with Crippen molar-refractivity contribution >= 4 is 38.9 Å². The lowest BCUT2D eigenvalue weighted by Gasteiger charge is -2.34. The van der Waals surface area contributed by atoms with Crippen LogP contribution in [-0.4, -0.2) is 62.3 Å². The Labute approximate surface area is 164 Å². The predicted molar refractivity (Wildman–Crippen MR) is 104 cm³/mol. The number of sulfonamides is 1. The van der Waals surface area contributed by atoms with Crippen molar-refractivity contribution < 1.29 is 13.2 Å². The second kappa shape index (κ2) is 8.56. The van der Waals surface area contributed by atoms with E-state index in [1.807, 2.05) is 4.90 Å². The number of thiophene rings is 1. The smallest absolute Gasteiger partial charge is 0.252 e. The van der Waals surface area contributed by atoms with Crippen LogP contribution in [0.1, 0.15) is 32.6 Å². The standard InChI is InChI=1S/C17H26ClN3O3S2/c1-13-4-2-3-5-14(13)19-16(22)12-20-8-10-21(11-9-20)26(23,24)17-7-6-15(18)25-17/h6-7,13-14H,2-5,8-12H2,1H3,(H,19,22)/t13-,14-/m1/s1. The monoisotopic (exact) mass is 419 g/mol. The topological polar surface area (TPSA) is 69.7 Å². The van der Waals surface area contributed by atoms with Gasteiger partial charge in [-0.15, -0.1) is 11.3 Å². The third kappa shape index (κ3) is 4.78. The first-order valence-corrected chi connectivity index (χ1v) is 11.8. The fourth-order valence-corrected chi connectivity index (χ4v) is 6.74. The van der Waals surface area contributed by atoms with Crippen LogP contribution in [-0.2, 0) is 14.8 Å². The molecule has 1 N–H and O–H groups in total. The normalized spacial score (nSPS) is 25.9. The van der Waals surface area contributed by atoms with Crippen LogP contribution in [0.5, 0.6) is 0 Å². The highest BCUT2D eigenvalue weighted by atomic mass is 35.5. The molecule has 2 atom stereocenters. The van der Waals surface area contributed by atoms with E-state index in [0.717, 1.165) is 17.8 Å². The van der Waals surface area contributed by atoms with E-state index in [9.17, 15) is 13.2 Å². The Hall–Kier alpha value is -0.670. The van der Waals surface area contributed by atoms with Gasteiger partial charge in [0.25, 0.3) is 10.0 Å². The van der Waals surface area contributed by atoms with Gasteiger partial charge in [0.05, 0.1) is 10.9 Å². The molecule has 1 amide bonds. The summed E-state index contributed by atoms with van der Waals surface area (Å²) in [6.45, 7) is 4.44. The fourth-order valence-electron chi connectivity index (χ4n) is 3.68. The number of rotatable bonds is 5. The molecule has 26 heavy (non-hydrogen) atoms. The Bertz CT molecular complexity index is 729. The summed E-state index contributed by atoms with van der Waals surface area (Å²) in [5, 5.41) is 3.16. The van der Waals surface area contributed by atoms with E-state index in [-0.39, 0.29) is 16.2 Å². The van der Waals surface area contributed by atoms with Crippen LogP contribution < -0.4 is 5.32 Å². The van der Waals surface area contributed by atoms with Crippen LogP contribution >= 0.6 is 22.9 Å². The molecule has 3 rings (SSSR count). The quantitative estimate of drug-likeness (QED) is 0.795. The minimum atomic E-state index is -3.48. The zero-order chi connectivity index (χ0) is 18.7. The number of hydrogen-bond donors (Lipinski definition) is 1. The molecule has 0 aromatic carbocycles. The number of carbonyl (C=O) groups excluding carboxylic acids is 1. The molecule has 1 aromatic rings. The van der Waals surface area contributed by atoms with E-state index in [1.54, 1.807) is 12.1 Å². The number of piperazine rings is 1. The molecule has 1 aliphatic heterocycles. The summed E-state index contributed by atoms with van der Waals surface area (Å²) in [6, 6.07) is 3.43. The van der Waals surface area contributed by atoms with Crippen LogP contribution in [0.2, 0.25) is 4.34 Å². The second-order valence-electron chi connectivity index (χ2n) is 7.17. The Morgan fingerprint density at radius 1 is 1.23 bits per heavy atom. The molecule has 2 fully saturated rings. The molecule has 1 saturated carbocycles. The molecule has 2 heterocycles. The number of hydrogen-bond acceptors (Lipinski definition) is 5. The van der Waals surface area contributed by atoms with Crippen molar-refractivity contribution in [3.63, 3.8) is 0 Å². The second-order valence-corrected chi connectivity index (χ2v) is 11.1. The van der Waals surface area contributed by atoms with Crippen molar-refractivity contribution in [2.75, 3.05) is 32.7 Å². The minimum Gasteiger partial charge on any atom is -0.352 e. The van der Waals surface area contributed by atoms with Gasteiger partial charge in [-0.05, 0) is 30.9 Å². The average molecular weight is 420 g/mol. The van der Waals surface area contributed by atoms with Gasteiger partial charge < -0.3 is 5.32 Å². The lowest BCUT2D eigenvalue weighted by atomic mass is 9.86. The van der Waals surface area contributed by atoms with Crippen LogP contribution in [0.15, 0.2) is 16.3 Å². The summed E-state index contributed by atoms with van der Waals surface area (Å²) >= 11 is 6.94. The van der Waals surface area contributed by atoms with Gasteiger partial charge in [-0.25, -0.2) is 8.42 Å². The fraction of sp³-hybridized carbons (Fsp3) is 0.706. The molecule has 0 spiro atoms. The lowest BCUT2D eigenvalue weighted by molar-refractivity contribution is -0.123. The highest BCUT2D eigenvalue weighted by molar-refractivity contribution is 7.91. The third-order valence-corrected chi connectivity index (χ3v) is 8.90. The summed E-state index contributed by atoms with van der Waals surface area (Å²) in [4.78, 5) is 14.4. The summed E-state index contributed by atoms with van der Waals surface area (Å²) in [5.41, 5.74) is 0. The Morgan fingerprint density at radius 2 is 1.92 bits per heavy atom. The van der Waals surface area contributed by atoms with Gasteiger partial charge in [-0.2, -0.15) is 4.31 Å². The van der Waals surface area contributed by atoms with Crippen molar-refractivity contribution in [2.45, 2.75) is 42.9 Å². The number of nitrogens with one attached hydrogen (secondary N) is 1. The van der Waals surface area contributed by atoms with Crippen molar-refractivity contribution in [3.8, 4) is 0 Å². The van der Waals surface area contributed by atoms with E-state index in [1.165, 1.54) is 23.6 Å². The van der Waals surface area contributed by atoms with Crippen LogP contribution in [0, 0.1) is 5.92 Å². The summed E-state index contributed by atoms with van der Waals surface area (Å²) in [6.07, 6.45) is 4.66. The molecule has 146 valence electrons. The minimum absolute atomic E-state index is 0.0464. The lowest BCUT2D eigenvalue weighted by Crippen LogP contribution is -2.52. The van der Waals surface area contributed by atoms with Gasteiger partial charge in [0.15, 0.2) is 0 Å². The van der Waals surface area contributed by atoms with Gasteiger partial charge in [0.1, 0.15) is 4.21 Å². The molecule has 1 saturated heterocycles. The maximum absolute atomic E-state index is 12.6. The molecule has 1 aliphatic carbocycles. The molecule has 6 nitrogen and oxygen atoms in total. The van der Waals surface area contributed by atoms with E-state index < -0.39 is 10.0 Å². The van der Waals surface area contributed by atoms with Gasteiger partial charge in [0.2, 0.25) is 5.91 Å². The van der Waals surface area contributed by atoms with Gasteiger partial charge >= 0.3 is 0 Å². The van der Waals surface area contributed by atoms with Crippen molar-refractivity contribution in [3.05, 3.63) is 16.5 Å². The highest BCUT2D eigenvalue weighted by Gasteiger charge is 2.30. The zero-order valence-corrected chi connectivity index (χ0v) is 17.4. The van der Waals surface area contributed by atoms with Gasteiger partial charge in [-0.3, -0.25) is 9.69 Å². The number of amides is 1. The number of halogens is 1. The van der Waals surface area contributed by atoms with Crippen molar-refractivity contribution in [1.82, 2.24) is 14.5 Å². The molecular formula is C17H26ClN3O3S2. The summed E-state index contributed by atoms with van der Waals surface area (Å²) in [5.74, 6) is 0.581. The van der Waals surface area contributed by atoms with Crippen molar-refractivity contribution in [2.24, 2.45) is 5.92 Å². The first kappa shape index (κ1) is 20.1. The molecule has 2 aliphatic rings. The molecule has 0 unspecified atom stereocenters. The highest BCUT2D eigenvalue weighted by Crippen LogP contribution is 2.28. The average Bonchev–Trinajstić information content (AvgIpc) is 3.05. The van der Waals surface area contributed by atoms with Crippen LogP contribution in [0.25, 0.3) is 0 Å². The maximum atomic E-state index is 12.6. The maximum Gasteiger partial charge on any atom is 0.252 e. The van der Waals surface area contributed by atoms with Gasteiger partial charge in [-0.1, -0.05) is 31.4 Å². The van der Waals surface area contributed by atoms with Gasteiger partial charge in [0, 0.05) is 32.2 Å². The summed E-state index contributed by atoms with van der Waals surface area (Å²) in [7, 11) is -3.48. The SMILES string of the molecule is C[C@@H]1CCCC[C@H]1NC(=O)CN1CCN(S(=O)(=O)c2ccc(Cl)s2)CC1. The van der Waals surface area contributed by atoms with E-state index in [2.05, 4.69) is 12.2 Å². The van der Waals surface area contributed by atoms with E-state index in [0.29, 0.717) is 43.0 Å². The molecule has 0 radical (unpaired) electrons. The molecule has 1 aromatic heterocycles. The van der Waals surface area contributed by atoms with E-state index >= 15 is 0 Å². The Kier molecular flexibility index (Phi) is 6.61. The Balaban J connectivity index is 1.48. The number of nitrogens with zero attached hydrogens (tertiary/aromatic N) is 2. The third-order valence-electron chi connectivity index (χ3n) is 5.30. The van der Waals surface area contributed by atoms with Crippen LogP contribution in [0.3, 0.4) is 0 Å².